The first kappa shape index (κ1) is 9.25. The summed E-state index contributed by atoms with van der Waals surface area (Å²) in [6, 6.07) is 2.91. The molecule has 0 aliphatic rings. The average Bonchev–Trinajstić information content (AvgIpc) is 2.08. The number of carboxylic acids is 1. The summed E-state index contributed by atoms with van der Waals surface area (Å²) in [6.07, 6.45) is 2.95. The summed E-state index contributed by atoms with van der Waals surface area (Å²) in [6.45, 7) is 1.49. The summed E-state index contributed by atoms with van der Waals surface area (Å²) in [7, 11) is 0. The lowest BCUT2D eigenvalue weighted by Crippen LogP contribution is -2.02. The van der Waals surface area contributed by atoms with Crippen molar-refractivity contribution in [3.8, 4) is 0 Å². The van der Waals surface area contributed by atoms with E-state index in [4.69, 9.17) is 5.11 Å². The van der Waals surface area contributed by atoms with Crippen molar-refractivity contribution in [2.45, 2.75) is 6.92 Å². The Balaban J connectivity index is 2.98. The quantitative estimate of drug-likeness (QED) is 0.661. The van der Waals surface area contributed by atoms with E-state index >= 15 is 0 Å². The van der Waals surface area contributed by atoms with Crippen LogP contribution in [0, 0.1) is 0 Å². The van der Waals surface area contributed by atoms with Gasteiger partial charge in [-0.1, -0.05) is 0 Å². The Kier molecular flexibility index (Phi) is 2.64. The number of carbonyl (C=O) groups is 1. The number of nitrogens with one attached hydrogen (secondary N) is 1. The van der Waals surface area contributed by atoms with Gasteiger partial charge in [-0.05, 0) is 24.6 Å². The van der Waals surface area contributed by atoms with Crippen LogP contribution in [0.4, 0.5) is 0 Å². The molecule has 0 radical (unpaired) electrons. The van der Waals surface area contributed by atoms with Gasteiger partial charge in [0.15, 0.2) is 0 Å². The van der Waals surface area contributed by atoms with Crippen LogP contribution in [0.5, 0.6) is 0 Å². The lowest BCUT2D eigenvalue weighted by atomic mass is 10.2. The van der Waals surface area contributed by atoms with Crippen molar-refractivity contribution in [3.05, 3.63) is 39.8 Å². The van der Waals surface area contributed by atoms with Gasteiger partial charge in [0.1, 0.15) is 0 Å². The Morgan fingerprint density at radius 3 is 2.69 bits per heavy atom. The van der Waals surface area contributed by atoms with E-state index in [1.807, 2.05) is 0 Å². The van der Waals surface area contributed by atoms with E-state index in [0.717, 1.165) is 0 Å². The minimum absolute atomic E-state index is 0.204. The molecule has 0 fully saturated rings. The van der Waals surface area contributed by atoms with Gasteiger partial charge in [-0.15, -0.1) is 0 Å². The number of aliphatic carboxylic acids is 1. The van der Waals surface area contributed by atoms with Gasteiger partial charge in [-0.2, -0.15) is 0 Å². The molecule has 0 bridgehead atoms. The summed E-state index contributed by atoms with van der Waals surface area (Å²) in [5, 5.41) is 8.56. The molecule has 0 saturated heterocycles. The molecule has 0 aliphatic carbocycles. The second-order valence-corrected chi connectivity index (χ2v) is 2.62. The van der Waals surface area contributed by atoms with Gasteiger partial charge in [0.05, 0.1) is 0 Å². The highest BCUT2D eigenvalue weighted by atomic mass is 16.4. The molecule has 0 aromatic carbocycles. The van der Waals surface area contributed by atoms with Gasteiger partial charge in [-0.3, -0.25) is 4.79 Å². The van der Waals surface area contributed by atoms with Crippen LogP contribution in [0.1, 0.15) is 12.5 Å². The van der Waals surface area contributed by atoms with Crippen LogP contribution in [0.3, 0.4) is 0 Å². The predicted molar refractivity (Wildman–Crippen MR) is 48.3 cm³/mol. The summed E-state index contributed by atoms with van der Waals surface area (Å²) < 4.78 is 0. The van der Waals surface area contributed by atoms with Gasteiger partial charge in [0.2, 0.25) is 5.56 Å². The molecule has 0 spiro atoms. The van der Waals surface area contributed by atoms with E-state index in [1.165, 1.54) is 25.3 Å². The fourth-order valence-corrected chi connectivity index (χ4v) is 0.824. The highest BCUT2D eigenvalue weighted by Crippen LogP contribution is 2.02. The van der Waals surface area contributed by atoms with E-state index in [-0.39, 0.29) is 11.1 Å². The highest BCUT2D eigenvalue weighted by molar-refractivity contribution is 5.91. The molecule has 68 valence electrons. The minimum atomic E-state index is -0.966. The standard InChI is InChI=1S/C9H9NO3/c1-6(9(12)13)4-7-2-3-8(11)10-5-7/h2-5H,1H3,(H,10,11)(H,12,13)/b6-4+. The van der Waals surface area contributed by atoms with Crippen molar-refractivity contribution in [1.29, 1.82) is 0 Å². The lowest BCUT2D eigenvalue weighted by Gasteiger charge is -1.93. The normalized spacial score (nSPS) is 11.3. The molecule has 1 aromatic heterocycles. The topological polar surface area (TPSA) is 70.2 Å². The number of carboxylic acid groups (broad SMARTS) is 1. The molecular formula is C9H9NO3. The molecule has 4 nitrogen and oxygen atoms in total. The molecule has 1 heterocycles. The third-order valence-corrected chi connectivity index (χ3v) is 1.53. The molecule has 0 aliphatic heterocycles. The molecule has 13 heavy (non-hydrogen) atoms. The largest absolute Gasteiger partial charge is 0.478 e. The Morgan fingerprint density at radius 2 is 2.23 bits per heavy atom. The van der Waals surface area contributed by atoms with Gasteiger partial charge < -0.3 is 10.1 Å². The Morgan fingerprint density at radius 1 is 1.54 bits per heavy atom. The first-order chi connectivity index (χ1) is 6.09. The third kappa shape index (κ3) is 2.59. The van der Waals surface area contributed by atoms with E-state index in [9.17, 15) is 9.59 Å². The molecule has 2 N–H and O–H groups in total. The zero-order chi connectivity index (χ0) is 9.84. The first-order valence-corrected chi connectivity index (χ1v) is 3.70. The second kappa shape index (κ2) is 3.71. The number of hydrogen-bond acceptors (Lipinski definition) is 2. The number of rotatable bonds is 2. The highest BCUT2D eigenvalue weighted by Gasteiger charge is 1.98. The summed E-state index contributed by atoms with van der Waals surface area (Å²) >= 11 is 0. The summed E-state index contributed by atoms with van der Waals surface area (Å²) in [4.78, 5) is 23.5. The van der Waals surface area contributed by atoms with Crippen molar-refractivity contribution < 1.29 is 9.90 Å². The molecule has 0 saturated carbocycles. The smallest absolute Gasteiger partial charge is 0.331 e. The zero-order valence-corrected chi connectivity index (χ0v) is 7.07. The maximum atomic E-state index is 10.6. The molecule has 0 amide bonds. The van der Waals surface area contributed by atoms with Gasteiger partial charge >= 0.3 is 5.97 Å². The monoisotopic (exact) mass is 179 g/mol. The predicted octanol–water partition coefficient (Wildman–Crippen LogP) is 0.863. The van der Waals surface area contributed by atoms with Crippen LogP contribution < -0.4 is 5.56 Å². The maximum Gasteiger partial charge on any atom is 0.331 e. The number of H-pyrrole nitrogens is 1. The van der Waals surface area contributed by atoms with Crippen molar-refractivity contribution >= 4 is 12.0 Å². The van der Waals surface area contributed by atoms with E-state index in [0.29, 0.717) is 5.56 Å². The molecule has 1 rings (SSSR count). The van der Waals surface area contributed by atoms with Crippen molar-refractivity contribution in [2.75, 3.05) is 0 Å². The molecule has 4 heteroatoms. The average molecular weight is 179 g/mol. The van der Waals surface area contributed by atoms with Crippen LogP contribution in [0.25, 0.3) is 6.08 Å². The van der Waals surface area contributed by atoms with Crippen LogP contribution in [0.2, 0.25) is 0 Å². The Labute approximate surface area is 74.5 Å². The van der Waals surface area contributed by atoms with E-state index in [2.05, 4.69) is 4.98 Å². The number of pyridine rings is 1. The van der Waals surface area contributed by atoms with Crippen LogP contribution in [-0.2, 0) is 4.79 Å². The van der Waals surface area contributed by atoms with Crippen molar-refractivity contribution in [3.63, 3.8) is 0 Å². The third-order valence-electron chi connectivity index (χ3n) is 1.53. The summed E-state index contributed by atoms with van der Waals surface area (Å²) in [5.74, 6) is -0.966. The van der Waals surface area contributed by atoms with Crippen LogP contribution >= 0.6 is 0 Å². The van der Waals surface area contributed by atoms with E-state index < -0.39 is 5.97 Å². The van der Waals surface area contributed by atoms with E-state index in [1.54, 1.807) is 6.07 Å². The number of aromatic amines is 1. The SMILES string of the molecule is C/C(=C\c1ccc(=O)[nH]c1)C(=O)O. The van der Waals surface area contributed by atoms with Gasteiger partial charge in [0, 0.05) is 17.8 Å². The Hall–Kier alpha value is -1.84. The lowest BCUT2D eigenvalue weighted by molar-refractivity contribution is -0.132. The van der Waals surface area contributed by atoms with Crippen LogP contribution in [0.15, 0.2) is 28.7 Å². The fraction of sp³-hybridized carbons (Fsp3) is 0.111. The van der Waals surface area contributed by atoms with Gasteiger partial charge in [0.25, 0.3) is 0 Å². The zero-order valence-electron chi connectivity index (χ0n) is 7.07. The van der Waals surface area contributed by atoms with Crippen molar-refractivity contribution in [1.82, 2.24) is 4.98 Å². The molecule has 1 aromatic rings. The number of aromatic nitrogens is 1. The minimum Gasteiger partial charge on any atom is -0.478 e. The maximum absolute atomic E-state index is 10.6. The molecule has 0 atom stereocenters. The summed E-state index contributed by atoms with van der Waals surface area (Å²) in [5.41, 5.74) is 0.691. The Bertz CT molecular complexity index is 383. The fourth-order valence-electron chi connectivity index (χ4n) is 0.824. The molecule has 0 unspecified atom stereocenters. The first-order valence-electron chi connectivity index (χ1n) is 3.70. The van der Waals surface area contributed by atoms with Gasteiger partial charge in [-0.25, -0.2) is 4.79 Å². The second-order valence-electron chi connectivity index (χ2n) is 2.62. The molecular weight excluding hydrogens is 170 g/mol. The van der Waals surface area contributed by atoms with Crippen molar-refractivity contribution in [2.24, 2.45) is 0 Å². The number of hydrogen-bond donors (Lipinski definition) is 2. The van der Waals surface area contributed by atoms with Crippen LogP contribution in [-0.4, -0.2) is 16.1 Å².